The summed E-state index contributed by atoms with van der Waals surface area (Å²) >= 11 is 7.15. The number of para-hydroxylation sites is 1. The number of aliphatic imine (C=N–C) groups is 1. The minimum absolute atomic E-state index is 0.156. The second-order valence-electron chi connectivity index (χ2n) is 7.99. The van der Waals surface area contributed by atoms with Crippen molar-refractivity contribution in [1.29, 1.82) is 0 Å². The molecule has 1 aromatic heterocycles. The molecular formula is C28H20Br2N4O. The average molecular weight is 588 g/mol. The number of fused-ring (bicyclic) bond motifs is 2. The van der Waals surface area contributed by atoms with Gasteiger partial charge < -0.3 is 5.11 Å². The maximum absolute atomic E-state index is 10.5. The van der Waals surface area contributed by atoms with Gasteiger partial charge in [-0.15, -0.1) is 0 Å². The third kappa shape index (κ3) is 4.97. The number of aromatic nitrogens is 1. The molecule has 0 unspecified atom stereocenters. The van der Waals surface area contributed by atoms with E-state index in [1.54, 1.807) is 12.3 Å². The number of hydrogen-bond acceptors (Lipinski definition) is 4. The first-order valence-electron chi connectivity index (χ1n) is 10.9. The fraction of sp³-hybridized carbons (Fsp3) is 0.0357. The zero-order valence-corrected chi connectivity index (χ0v) is 21.9. The summed E-state index contributed by atoms with van der Waals surface area (Å²) in [7, 11) is 0. The van der Waals surface area contributed by atoms with E-state index in [4.69, 9.17) is 9.98 Å². The molecule has 0 bridgehead atoms. The van der Waals surface area contributed by atoms with Gasteiger partial charge in [-0.05, 0) is 69.5 Å². The molecular weight excluding hydrogens is 568 g/mol. The minimum atomic E-state index is 0.156. The van der Waals surface area contributed by atoms with Crippen LogP contribution in [0.25, 0.3) is 21.7 Å². The van der Waals surface area contributed by atoms with Crippen LogP contribution in [0.1, 0.15) is 16.8 Å². The van der Waals surface area contributed by atoms with Crippen LogP contribution in [-0.2, 0) is 0 Å². The van der Waals surface area contributed by atoms with Gasteiger partial charge >= 0.3 is 0 Å². The predicted octanol–water partition coefficient (Wildman–Crippen LogP) is 7.63. The van der Waals surface area contributed by atoms with Crippen molar-refractivity contribution in [2.45, 2.75) is 6.92 Å². The normalized spacial score (nSPS) is 12.0. The lowest BCUT2D eigenvalue weighted by atomic mass is 10.0. The molecule has 0 fully saturated rings. The Bertz CT molecular complexity index is 1610. The highest BCUT2D eigenvalue weighted by molar-refractivity contribution is 9.11. The van der Waals surface area contributed by atoms with E-state index < -0.39 is 0 Å². The Kier molecular flexibility index (Phi) is 6.61. The molecule has 0 atom stereocenters. The van der Waals surface area contributed by atoms with Crippen LogP contribution in [0.4, 0.5) is 5.69 Å². The van der Waals surface area contributed by atoms with E-state index in [1.807, 2.05) is 85.8 Å². The quantitative estimate of drug-likeness (QED) is 0.129. The number of hydrogen-bond donors (Lipinski definition) is 2. The molecule has 0 aliphatic carbocycles. The number of benzene rings is 4. The predicted molar refractivity (Wildman–Crippen MR) is 151 cm³/mol. The Labute approximate surface area is 219 Å². The Hall–Kier alpha value is -3.55. The summed E-state index contributed by atoms with van der Waals surface area (Å²) in [4.78, 5) is 9.69. The molecule has 5 rings (SSSR count). The summed E-state index contributed by atoms with van der Waals surface area (Å²) < 4.78 is 1.81. The van der Waals surface area contributed by atoms with Crippen molar-refractivity contribution in [2.75, 3.05) is 0 Å². The van der Waals surface area contributed by atoms with Crippen LogP contribution in [0.5, 0.6) is 5.75 Å². The average Bonchev–Trinajstić information content (AvgIpc) is 2.86. The van der Waals surface area contributed by atoms with Crippen molar-refractivity contribution in [3.05, 3.63) is 111 Å². The number of nitrogens with zero attached hydrogens (tertiary/aromatic N) is 3. The minimum Gasteiger partial charge on any atom is -0.507 e. The molecule has 0 amide bonds. The van der Waals surface area contributed by atoms with Crippen LogP contribution in [0.15, 0.2) is 104 Å². The molecule has 0 radical (unpaired) electrons. The summed E-state index contributed by atoms with van der Waals surface area (Å²) in [6.45, 7) is 2.00. The SMILES string of the molecule is Cc1cc(Br)cc(Br)c1N=C(NN=Cc1c(O)ccc2ccccc12)c1ccc2ccccc2n1. The smallest absolute Gasteiger partial charge is 0.173 e. The maximum atomic E-state index is 10.5. The first-order valence-corrected chi connectivity index (χ1v) is 12.5. The van der Waals surface area contributed by atoms with Crippen molar-refractivity contribution in [3.63, 3.8) is 0 Å². The van der Waals surface area contributed by atoms with Crippen molar-refractivity contribution >= 4 is 71.3 Å². The van der Waals surface area contributed by atoms with Gasteiger partial charge in [-0.1, -0.05) is 70.5 Å². The molecule has 0 saturated heterocycles. The van der Waals surface area contributed by atoms with E-state index in [9.17, 15) is 5.11 Å². The third-order valence-electron chi connectivity index (χ3n) is 5.60. The molecule has 35 heavy (non-hydrogen) atoms. The zero-order chi connectivity index (χ0) is 24.4. The second-order valence-corrected chi connectivity index (χ2v) is 9.76. The number of phenolic OH excluding ortho intramolecular Hbond substituents is 1. The van der Waals surface area contributed by atoms with Gasteiger partial charge in [0.05, 0.1) is 17.4 Å². The lowest BCUT2D eigenvalue weighted by Crippen LogP contribution is -2.20. The van der Waals surface area contributed by atoms with E-state index in [1.165, 1.54) is 0 Å². The van der Waals surface area contributed by atoms with Crippen molar-refractivity contribution in [3.8, 4) is 5.75 Å². The van der Waals surface area contributed by atoms with Crippen LogP contribution in [0, 0.1) is 6.92 Å². The molecule has 0 aliphatic heterocycles. The Morgan fingerprint density at radius 2 is 1.66 bits per heavy atom. The molecule has 172 valence electrons. The van der Waals surface area contributed by atoms with Gasteiger partial charge in [-0.3, -0.25) is 5.43 Å². The number of aryl methyl sites for hydroxylation is 1. The lowest BCUT2D eigenvalue weighted by molar-refractivity contribution is 0.475. The number of hydrazone groups is 1. The zero-order valence-electron chi connectivity index (χ0n) is 18.7. The molecule has 0 spiro atoms. The summed E-state index contributed by atoms with van der Waals surface area (Å²) in [6.07, 6.45) is 1.61. The van der Waals surface area contributed by atoms with Gasteiger partial charge in [0.15, 0.2) is 5.84 Å². The highest BCUT2D eigenvalue weighted by Crippen LogP contribution is 2.33. The third-order valence-corrected chi connectivity index (χ3v) is 6.66. The summed E-state index contributed by atoms with van der Waals surface area (Å²) in [5.74, 6) is 0.640. The highest BCUT2D eigenvalue weighted by atomic mass is 79.9. The van der Waals surface area contributed by atoms with Gasteiger partial charge in [0.1, 0.15) is 11.4 Å². The van der Waals surface area contributed by atoms with Gasteiger partial charge in [-0.2, -0.15) is 5.10 Å². The first-order chi connectivity index (χ1) is 17.0. The van der Waals surface area contributed by atoms with Gasteiger partial charge in [-0.25, -0.2) is 9.98 Å². The molecule has 5 aromatic rings. The van der Waals surface area contributed by atoms with Crippen molar-refractivity contribution in [2.24, 2.45) is 10.1 Å². The van der Waals surface area contributed by atoms with E-state index >= 15 is 0 Å². The van der Waals surface area contributed by atoms with Gasteiger partial charge in [0, 0.05) is 19.9 Å². The van der Waals surface area contributed by atoms with Crippen molar-refractivity contribution < 1.29 is 5.11 Å². The summed E-state index contributed by atoms with van der Waals surface area (Å²) in [6, 6.07) is 27.2. The number of nitrogens with one attached hydrogen (secondary N) is 1. The molecule has 0 aliphatic rings. The molecule has 1 heterocycles. The van der Waals surface area contributed by atoms with Crippen LogP contribution >= 0.6 is 31.9 Å². The van der Waals surface area contributed by atoms with Crippen LogP contribution < -0.4 is 5.43 Å². The van der Waals surface area contributed by atoms with Gasteiger partial charge in [0.25, 0.3) is 0 Å². The molecule has 7 heteroatoms. The number of aromatic hydroxyl groups is 1. The Morgan fingerprint density at radius 3 is 2.49 bits per heavy atom. The fourth-order valence-electron chi connectivity index (χ4n) is 3.86. The second kappa shape index (κ2) is 9.98. The van der Waals surface area contributed by atoms with Crippen LogP contribution in [-0.4, -0.2) is 22.1 Å². The van der Waals surface area contributed by atoms with Crippen molar-refractivity contribution in [1.82, 2.24) is 10.4 Å². The number of halogens is 2. The number of pyridine rings is 1. The number of amidine groups is 1. The molecule has 0 saturated carbocycles. The lowest BCUT2D eigenvalue weighted by Gasteiger charge is -2.10. The number of rotatable bonds is 4. The van der Waals surface area contributed by atoms with Gasteiger partial charge in [0.2, 0.25) is 0 Å². The standard InChI is InChI=1S/C28H20Br2N4O/c1-17-14-20(29)15-23(30)27(17)33-28(25-12-10-19-7-3-5-9-24(19)32-25)34-31-16-22-21-8-4-2-6-18(21)11-13-26(22)35/h2-16,35H,1H3,(H,33,34). The van der Waals surface area contributed by atoms with E-state index in [2.05, 4.69) is 42.4 Å². The molecule has 2 N–H and O–H groups in total. The maximum Gasteiger partial charge on any atom is 0.173 e. The van der Waals surface area contributed by atoms with E-state index in [0.29, 0.717) is 17.1 Å². The van der Waals surface area contributed by atoms with Crippen LogP contribution in [0.2, 0.25) is 0 Å². The number of phenols is 1. The first kappa shape index (κ1) is 23.2. The van der Waals surface area contributed by atoms with Crippen LogP contribution in [0.3, 0.4) is 0 Å². The topological polar surface area (TPSA) is 69.9 Å². The molecule has 5 nitrogen and oxygen atoms in total. The largest absolute Gasteiger partial charge is 0.507 e. The molecule has 4 aromatic carbocycles. The monoisotopic (exact) mass is 586 g/mol. The van der Waals surface area contributed by atoms with E-state index in [0.717, 1.165) is 41.9 Å². The summed E-state index contributed by atoms with van der Waals surface area (Å²) in [5.41, 5.74) is 6.97. The Morgan fingerprint density at radius 1 is 0.914 bits per heavy atom. The summed E-state index contributed by atoms with van der Waals surface area (Å²) in [5, 5.41) is 17.9. The highest BCUT2D eigenvalue weighted by Gasteiger charge is 2.11. The Balaban J connectivity index is 1.59. The fourth-order valence-corrected chi connectivity index (χ4v) is 5.39. The van der Waals surface area contributed by atoms with E-state index in [-0.39, 0.29) is 5.75 Å².